The van der Waals surface area contributed by atoms with Crippen molar-refractivity contribution in [1.82, 2.24) is 15.0 Å². The van der Waals surface area contributed by atoms with E-state index in [1.165, 1.54) is 0 Å². The summed E-state index contributed by atoms with van der Waals surface area (Å²) in [4.78, 5) is 14.4. The van der Waals surface area contributed by atoms with Crippen LogP contribution in [0.4, 0.5) is 5.69 Å². The van der Waals surface area contributed by atoms with Crippen LogP contribution in [-0.2, 0) is 0 Å². The Labute approximate surface area is 174 Å². The second-order valence-electron chi connectivity index (χ2n) is 6.54. The number of fused-ring (bicyclic) bond motifs is 1. The molecule has 1 amide bonds. The molecular formula is C23H22N4O3. The van der Waals surface area contributed by atoms with Gasteiger partial charge in [0.2, 0.25) is 0 Å². The third-order valence-corrected chi connectivity index (χ3v) is 4.39. The fraction of sp³-hybridized carbons (Fsp3) is 0.174. The Morgan fingerprint density at radius 2 is 1.53 bits per heavy atom. The van der Waals surface area contributed by atoms with Gasteiger partial charge in [0, 0.05) is 17.3 Å². The molecule has 152 valence electrons. The van der Waals surface area contributed by atoms with E-state index >= 15 is 0 Å². The average Bonchev–Trinajstić information content (AvgIpc) is 3.18. The zero-order valence-electron chi connectivity index (χ0n) is 16.8. The quantitative estimate of drug-likeness (QED) is 0.493. The molecule has 0 fully saturated rings. The number of hydrogen-bond acceptors (Lipinski definition) is 5. The van der Waals surface area contributed by atoms with Crippen molar-refractivity contribution in [3.05, 3.63) is 72.3 Å². The molecule has 1 heterocycles. The first kappa shape index (κ1) is 19.4. The molecule has 0 unspecified atom stereocenters. The van der Waals surface area contributed by atoms with Gasteiger partial charge in [-0.15, -0.1) is 10.2 Å². The third-order valence-electron chi connectivity index (χ3n) is 4.39. The van der Waals surface area contributed by atoms with Crippen LogP contribution in [0.1, 0.15) is 24.2 Å². The molecule has 4 aromatic rings. The lowest BCUT2D eigenvalue weighted by molar-refractivity contribution is 0.102. The molecule has 0 saturated carbocycles. The molecule has 0 aliphatic rings. The van der Waals surface area contributed by atoms with E-state index in [-0.39, 0.29) is 5.91 Å². The zero-order valence-corrected chi connectivity index (χ0v) is 16.8. The van der Waals surface area contributed by atoms with Gasteiger partial charge < -0.3 is 14.8 Å². The van der Waals surface area contributed by atoms with Crippen LogP contribution in [0, 0.1) is 0 Å². The van der Waals surface area contributed by atoms with Gasteiger partial charge in [-0.2, -0.15) is 4.80 Å². The Morgan fingerprint density at radius 3 is 2.20 bits per heavy atom. The number of para-hydroxylation sites is 1. The molecule has 0 atom stereocenters. The fourth-order valence-electron chi connectivity index (χ4n) is 3.08. The number of benzene rings is 3. The Morgan fingerprint density at radius 1 is 0.867 bits per heavy atom. The number of rotatable bonds is 7. The highest BCUT2D eigenvalue weighted by atomic mass is 16.5. The molecule has 0 bridgehead atoms. The predicted molar refractivity (Wildman–Crippen MR) is 116 cm³/mol. The monoisotopic (exact) mass is 402 g/mol. The number of amides is 1. The van der Waals surface area contributed by atoms with Gasteiger partial charge in [-0.25, -0.2) is 0 Å². The first-order valence-electron chi connectivity index (χ1n) is 9.81. The minimum atomic E-state index is -0.257. The van der Waals surface area contributed by atoms with E-state index in [4.69, 9.17) is 9.47 Å². The summed E-state index contributed by atoms with van der Waals surface area (Å²) in [5.74, 6) is 0.928. The number of anilines is 1. The van der Waals surface area contributed by atoms with E-state index in [1.54, 1.807) is 35.1 Å². The molecule has 0 radical (unpaired) electrons. The molecule has 0 saturated heterocycles. The maximum absolute atomic E-state index is 12.8. The van der Waals surface area contributed by atoms with Crippen LogP contribution >= 0.6 is 0 Å². The molecule has 4 rings (SSSR count). The van der Waals surface area contributed by atoms with Crippen molar-refractivity contribution in [2.45, 2.75) is 13.8 Å². The van der Waals surface area contributed by atoms with Crippen LogP contribution in [0.2, 0.25) is 0 Å². The Kier molecular flexibility index (Phi) is 5.61. The smallest absolute Gasteiger partial charge is 0.255 e. The van der Waals surface area contributed by atoms with Crippen molar-refractivity contribution in [2.75, 3.05) is 18.5 Å². The van der Waals surface area contributed by atoms with Gasteiger partial charge in [-0.1, -0.05) is 18.2 Å². The fourth-order valence-corrected chi connectivity index (χ4v) is 3.08. The highest BCUT2D eigenvalue weighted by molar-refractivity contribution is 6.05. The van der Waals surface area contributed by atoms with Crippen molar-refractivity contribution < 1.29 is 14.3 Å². The maximum Gasteiger partial charge on any atom is 0.255 e. The second-order valence-corrected chi connectivity index (χ2v) is 6.54. The first-order chi connectivity index (χ1) is 14.7. The van der Waals surface area contributed by atoms with Crippen LogP contribution in [0.5, 0.6) is 11.5 Å². The summed E-state index contributed by atoms with van der Waals surface area (Å²) in [6.07, 6.45) is 0. The van der Waals surface area contributed by atoms with Crippen molar-refractivity contribution in [2.24, 2.45) is 0 Å². The van der Waals surface area contributed by atoms with Crippen LogP contribution in [0.15, 0.2) is 66.7 Å². The highest BCUT2D eigenvalue weighted by Gasteiger charge is 2.12. The summed E-state index contributed by atoms with van der Waals surface area (Å²) in [7, 11) is 0. The van der Waals surface area contributed by atoms with E-state index in [0.717, 1.165) is 11.2 Å². The lowest BCUT2D eigenvalue weighted by atomic mass is 10.1. The van der Waals surface area contributed by atoms with Crippen molar-refractivity contribution >= 4 is 22.6 Å². The topological polar surface area (TPSA) is 78.3 Å². The minimum Gasteiger partial charge on any atom is -0.494 e. The van der Waals surface area contributed by atoms with E-state index in [1.807, 2.05) is 50.2 Å². The number of carbonyl (C=O) groups excluding carboxylic acids is 1. The van der Waals surface area contributed by atoms with Crippen molar-refractivity contribution in [1.29, 1.82) is 0 Å². The molecule has 3 aromatic carbocycles. The van der Waals surface area contributed by atoms with Gasteiger partial charge in [-0.05, 0) is 56.3 Å². The first-order valence-corrected chi connectivity index (χ1v) is 9.81. The average molecular weight is 402 g/mol. The number of hydrogen-bond donors (Lipinski definition) is 1. The molecule has 0 spiro atoms. The van der Waals surface area contributed by atoms with Gasteiger partial charge in [0.1, 0.15) is 22.5 Å². The molecule has 30 heavy (non-hydrogen) atoms. The van der Waals surface area contributed by atoms with Crippen LogP contribution in [0.25, 0.3) is 16.7 Å². The summed E-state index contributed by atoms with van der Waals surface area (Å²) >= 11 is 0. The Balaban J connectivity index is 1.58. The highest BCUT2D eigenvalue weighted by Crippen LogP contribution is 2.25. The summed E-state index contributed by atoms with van der Waals surface area (Å²) in [5.41, 5.74) is 3.39. The lowest BCUT2D eigenvalue weighted by Crippen LogP contribution is -2.12. The summed E-state index contributed by atoms with van der Waals surface area (Å²) in [6, 6.07) is 20.3. The normalized spacial score (nSPS) is 10.7. The molecule has 0 aliphatic heterocycles. The summed E-state index contributed by atoms with van der Waals surface area (Å²) in [5, 5.41) is 11.9. The number of nitrogens with zero attached hydrogens (tertiary/aromatic N) is 3. The zero-order chi connectivity index (χ0) is 20.9. The standard InChI is InChI=1S/C23H22N4O3/c1-3-29-19-12-16(13-20(15-19)30-4-2)23(28)24-17-10-11-21-22(14-17)26-27(25-21)18-8-6-5-7-9-18/h5-15H,3-4H2,1-2H3,(H,24,28). The number of ether oxygens (including phenoxy) is 2. The van der Waals surface area contributed by atoms with Crippen LogP contribution in [0.3, 0.4) is 0 Å². The number of aromatic nitrogens is 3. The molecule has 7 nitrogen and oxygen atoms in total. The lowest BCUT2D eigenvalue weighted by Gasteiger charge is -2.11. The van der Waals surface area contributed by atoms with Crippen molar-refractivity contribution in [3.8, 4) is 17.2 Å². The minimum absolute atomic E-state index is 0.257. The van der Waals surface area contributed by atoms with Gasteiger partial charge in [0.25, 0.3) is 5.91 Å². The molecule has 0 aliphatic carbocycles. The predicted octanol–water partition coefficient (Wildman–Crippen LogP) is 4.47. The molecule has 1 aromatic heterocycles. The third kappa shape index (κ3) is 4.25. The van der Waals surface area contributed by atoms with Gasteiger partial charge >= 0.3 is 0 Å². The van der Waals surface area contributed by atoms with Crippen LogP contribution in [-0.4, -0.2) is 34.1 Å². The van der Waals surface area contributed by atoms with Crippen molar-refractivity contribution in [3.63, 3.8) is 0 Å². The van der Waals surface area contributed by atoms with E-state index in [9.17, 15) is 4.79 Å². The molecule has 7 heteroatoms. The van der Waals surface area contributed by atoms with Gasteiger partial charge in [0.15, 0.2) is 0 Å². The number of nitrogens with one attached hydrogen (secondary N) is 1. The largest absolute Gasteiger partial charge is 0.494 e. The van der Waals surface area contributed by atoms with E-state index < -0.39 is 0 Å². The SMILES string of the molecule is CCOc1cc(OCC)cc(C(=O)Nc2ccc3nn(-c4ccccc4)nc3c2)c1. The summed E-state index contributed by atoms with van der Waals surface area (Å²) in [6.45, 7) is 4.80. The van der Waals surface area contributed by atoms with Gasteiger partial charge in [-0.3, -0.25) is 4.79 Å². The molecule has 1 N–H and O–H groups in total. The van der Waals surface area contributed by atoms with E-state index in [0.29, 0.717) is 41.5 Å². The molecular weight excluding hydrogens is 380 g/mol. The van der Waals surface area contributed by atoms with Crippen LogP contribution < -0.4 is 14.8 Å². The Bertz CT molecular complexity index is 1150. The Hall–Kier alpha value is -3.87. The number of carbonyl (C=O) groups is 1. The van der Waals surface area contributed by atoms with Gasteiger partial charge in [0.05, 0.1) is 18.9 Å². The second kappa shape index (κ2) is 8.65. The summed E-state index contributed by atoms with van der Waals surface area (Å²) < 4.78 is 11.1. The van der Waals surface area contributed by atoms with E-state index in [2.05, 4.69) is 15.5 Å². The maximum atomic E-state index is 12.8.